The molecule has 0 fully saturated rings. The average molecular weight is 301 g/mol. The second-order valence-corrected chi connectivity index (χ2v) is 6.11. The maximum absolute atomic E-state index is 13.9. The van der Waals surface area contributed by atoms with Crippen LogP contribution in [0.1, 0.15) is 0 Å². The zero-order valence-corrected chi connectivity index (χ0v) is 11.6. The first kappa shape index (κ1) is 13.5. The Hall–Kier alpha value is -2.47. The van der Waals surface area contributed by atoms with Crippen molar-refractivity contribution in [1.29, 1.82) is 0 Å². The highest BCUT2D eigenvalue weighted by atomic mass is 32.2. The van der Waals surface area contributed by atoms with E-state index in [4.69, 9.17) is 0 Å². The largest absolute Gasteiger partial charge is 0.269 e. The van der Waals surface area contributed by atoms with E-state index in [0.29, 0.717) is 0 Å². The molecule has 0 saturated carbocycles. The molecule has 0 atom stereocenters. The molecule has 0 aliphatic rings. The van der Waals surface area contributed by atoms with E-state index in [1.165, 1.54) is 48.9 Å². The average Bonchev–Trinajstić information content (AvgIpc) is 2.99. The Bertz CT molecular complexity index is 873. The van der Waals surface area contributed by atoms with Gasteiger partial charge in [-0.05, 0) is 30.3 Å². The van der Waals surface area contributed by atoms with Crippen LogP contribution >= 0.6 is 0 Å². The fraction of sp³-hybridized carbons (Fsp3) is 0. The molecule has 0 unspecified atom stereocenters. The first-order valence-electron chi connectivity index (χ1n) is 6.09. The first-order chi connectivity index (χ1) is 10.1. The van der Waals surface area contributed by atoms with Crippen LogP contribution in [0.2, 0.25) is 0 Å². The molecule has 1 aromatic carbocycles. The third-order valence-electron chi connectivity index (χ3n) is 2.99. The van der Waals surface area contributed by atoms with Crippen LogP contribution in [-0.4, -0.2) is 17.4 Å². The van der Waals surface area contributed by atoms with Gasteiger partial charge in [-0.15, -0.1) is 0 Å². The summed E-state index contributed by atoms with van der Waals surface area (Å²) in [5.41, 5.74) is 0.420. The van der Waals surface area contributed by atoms with E-state index in [1.807, 2.05) is 0 Å². The second kappa shape index (κ2) is 5.14. The van der Waals surface area contributed by atoms with Crippen molar-refractivity contribution in [2.75, 3.05) is 0 Å². The van der Waals surface area contributed by atoms with Crippen LogP contribution in [0.3, 0.4) is 0 Å². The number of benzene rings is 1. The van der Waals surface area contributed by atoms with Gasteiger partial charge in [0.25, 0.3) is 10.0 Å². The highest BCUT2D eigenvalue weighted by Crippen LogP contribution is 2.26. The van der Waals surface area contributed by atoms with Crippen LogP contribution in [0.25, 0.3) is 11.3 Å². The van der Waals surface area contributed by atoms with Crippen LogP contribution in [0.15, 0.2) is 66.0 Å². The maximum atomic E-state index is 13.9. The second-order valence-electron chi connectivity index (χ2n) is 4.29. The maximum Gasteiger partial charge on any atom is 0.269 e. The van der Waals surface area contributed by atoms with Crippen molar-refractivity contribution >= 4 is 10.0 Å². The zero-order valence-electron chi connectivity index (χ0n) is 10.8. The molecule has 105 valence electrons. The van der Waals surface area contributed by atoms with Crippen molar-refractivity contribution in [3.63, 3.8) is 0 Å². The molecule has 21 heavy (non-hydrogen) atoms. The Labute approximate surface area is 121 Å². The van der Waals surface area contributed by atoms with Crippen molar-refractivity contribution in [2.24, 2.45) is 0 Å². The molecule has 0 spiro atoms. The van der Waals surface area contributed by atoms with Crippen molar-refractivity contribution in [3.8, 4) is 11.3 Å². The fourth-order valence-corrected chi connectivity index (χ4v) is 3.28. The van der Waals surface area contributed by atoms with Crippen molar-refractivity contribution in [3.05, 3.63) is 72.9 Å². The van der Waals surface area contributed by atoms with Crippen LogP contribution in [0, 0.1) is 11.9 Å². The molecular weight excluding hydrogens is 291 g/mol. The number of pyridine rings is 1. The Balaban J connectivity index is 2.19. The molecule has 0 saturated heterocycles. The van der Waals surface area contributed by atoms with E-state index in [2.05, 4.69) is 11.1 Å². The van der Waals surface area contributed by atoms with Crippen molar-refractivity contribution in [1.82, 2.24) is 8.96 Å². The van der Waals surface area contributed by atoms with E-state index in [-0.39, 0.29) is 16.2 Å². The molecule has 0 aliphatic heterocycles. The van der Waals surface area contributed by atoms with Crippen LogP contribution in [-0.2, 0) is 10.0 Å². The van der Waals surface area contributed by atoms with Gasteiger partial charge in [0.15, 0.2) is 0 Å². The number of aromatic nitrogens is 2. The minimum Gasteiger partial charge on any atom is -0.263 e. The number of hydrogen-bond acceptors (Lipinski definition) is 3. The van der Waals surface area contributed by atoms with E-state index in [9.17, 15) is 12.8 Å². The summed E-state index contributed by atoms with van der Waals surface area (Å²) in [4.78, 5) is 3.84. The highest BCUT2D eigenvalue weighted by Gasteiger charge is 2.21. The van der Waals surface area contributed by atoms with E-state index < -0.39 is 15.8 Å². The molecule has 0 bridgehead atoms. The number of nitrogens with zero attached hydrogens (tertiary/aromatic N) is 2. The summed E-state index contributed by atoms with van der Waals surface area (Å²) in [6.45, 7) is 0. The Morgan fingerprint density at radius 2 is 1.95 bits per heavy atom. The van der Waals surface area contributed by atoms with E-state index in [0.717, 1.165) is 3.97 Å². The SMILES string of the molecule is O=S(=O)(c1cccnc1)n1c[c]cc1-c1ccccc1F. The minimum absolute atomic E-state index is 0.0344. The third kappa shape index (κ3) is 2.34. The van der Waals surface area contributed by atoms with Gasteiger partial charge in [0, 0.05) is 30.2 Å². The quantitative estimate of drug-likeness (QED) is 0.747. The number of halogens is 1. The molecular formula is C15H10FN2O2S. The van der Waals surface area contributed by atoms with Gasteiger partial charge in [0.05, 0.1) is 5.69 Å². The minimum atomic E-state index is -3.83. The summed E-state index contributed by atoms with van der Waals surface area (Å²) in [5.74, 6) is -0.493. The lowest BCUT2D eigenvalue weighted by Crippen LogP contribution is -2.13. The standard InChI is InChI=1S/C15H10FN2O2S/c16-14-7-2-1-6-13(14)15-8-4-10-18(15)21(19,20)12-5-3-9-17-11-12/h1-3,5-11H. The van der Waals surface area contributed by atoms with Gasteiger partial charge in [-0.3, -0.25) is 4.98 Å². The molecule has 0 aliphatic carbocycles. The molecule has 6 heteroatoms. The van der Waals surface area contributed by atoms with Gasteiger partial charge in [-0.1, -0.05) is 12.1 Å². The topological polar surface area (TPSA) is 52.0 Å². The van der Waals surface area contributed by atoms with Crippen molar-refractivity contribution < 1.29 is 12.8 Å². The summed E-state index contributed by atoms with van der Waals surface area (Å²) in [6.07, 6.45) is 4.00. The normalized spacial score (nSPS) is 11.5. The Kier molecular flexibility index (Phi) is 3.31. The summed E-state index contributed by atoms with van der Waals surface area (Å²) in [5, 5.41) is 0. The summed E-state index contributed by atoms with van der Waals surface area (Å²) in [6, 6.07) is 13.1. The van der Waals surface area contributed by atoms with Gasteiger partial charge in [-0.2, -0.15) is 0 Å². The number of rotatable bonds is 3. The Morgan fingerprint density at radius 1 is 1.14 bits per heavy atom. The molecule has 4 nitrogen and oxygen atoms in total. The van der Waals surface area contributed by atoms with E-state index in [1.54, 1.807) is 12.1 Å². The predicted molar refractivity (Wildman–Crippen MR) is 75.5 cm³/mol. The lowest BCUT2D eigenvalue weighted by molar-refractivity contribution is 0.587. The highest BCUT2D eigenvalue weighted by molar-refractivity contribution is 7.90. The van der Waals surface area contributed by atoms with Crippen LogP contribution in [0.5, 0.6) is 0 Å². The zero-order chi connectivity index (χ0) is 14.9. The summed E-state index contributed by atoms with van der Waals surface area (Å²) >= 11 is 0. The van der Waals surface area contributed by atoms with Gasteiger partial charge in [-0.25, -0.2) is 16.8 Å². The van der Waals surface area contributed by atoms with Crippen LogP contribution in [0.4, 0.5) is 4.39 Å². The number of hydrogen-bond donors (Lipinski definition) is 0. The molecule has 1 radical (unpaired) electrons. The monoisotopic (exact) mass is 301 g/mol. The van der Waals surface area contributed by atoms with Gasteiger partial charge in [0.2, 0.25) is 0 Å². The lowest BCUT2D eigenvalue weighted by atomic mass is 10.1. The summed E-state index contributed by atoms with van der Waals surface area (Å²) < 4.78 is 40.1. The first-order valence-corrected chi connectivity index (χ1v) is 7.53. The molecule has 0 amide bonds. The smallest absolute Gasteiger partial charge is 0.263 e. The summed E-state index contributed by atoms with van der Waals surface area (Å²) in [7, 11) is -3.83. The van der Waals surface area contributed by atoms with Gasteiger partial charge < -0.3 is 0 Å². The molecule has 2 heterocycles. The Morgan fingerprint density at radius 3 is 2.67 bits per heavy atom. The van der Waals surface area contributed by atoms with E-state index >= 15 is 0 Å². The molecule has 3 aromatic rings. The molecule has 2 aromatic heterocycles. The van der Waals surface area contributed by atoms with Crippen LogP contribution < -0.4 is 0 Å². The third-order valence-corrected chi connectivity index (χ3v) is 4.65. The predicted octanol–water partition coefficient (Wildman–Crippen LogP) is 2.73. The fourth-order valence-electron chi connectivity index (χ4n) is 1.99. The van der Waals surface area contributed by atoms with Gasteiger partial charge >= 0.3 is 0 Å². The lowest BCUT2D eigenvalue weighted by Gasteiger charge is -2.10. The molecule has 0 N–H and O–H groups in total. The van der Waals surface area contributed by atoms with Crippen molar-refractivity contribution in [2.45, 2.75) is 4.90 Å². The van der Waals surface area contributed by atoms with Gasteiger partial charge in [0.1, 0.15) is 10.7 Å². The molecule has 3 rings (SSSR count).